The van der Waals surface area contributed by atoms with E-state index in [1.54, 1.807) is 13.8 Å². The molecule has 0 atom stereocenters. The molecule has 0 aliphatic heterocycles. The van der Waals surface area contributed by atoms with E-state index in [1.807, 2.05) is 0 Å². The molecule has 0 radical (unpaired) electrons. The second kappa shape index (κ2) is 3.23. The van der Waals surface area contributed by atoms with Crippen LogP contribution in [0.5, 0.6) is 0 Å². The van der Waals surface area contributed by atoms with E-state index in [2.05, 4.69) is 0 Å². The van der Waals surface area contributed by atoms with Crippen LogP contribution in [0.25, 0.3) is 0 Å². The van der Waals surface area contributed by atoms with Gasteiger partial charge in [0.1, 0.15) is 11.8 Å². The Balaban J connectivity index is 2.76. The maximum Gasteiger partial charge on any atom is 0.341 e. The van der Waals surface area contributed by atoms with E-state index < -0.39 is 0 Å². The van der Waals surface area contributed by atoms with Gasteiger partial charge in [0, 0.05) is 5.56 Å². The molecule has 0 unspecified atom stereocenters. The first kappa shape index (κ1) is 7.85. The lowest BCUT2D eigenvalue weighted by atomic mass is 10.2. The molecule has 11 heavy (non-hydrogen) atoms. The summed E-state index contributed by atoms with van der Waals surface area (Å²) in [7, 11) is 0. The summed E-state index contributed by atoms with van der Waals surface area (Å²) >= 11 is 0. The molecule has 0 aliphatic carbocycles. The highest BCUT2D eigenvalue weighted by molar-refractivity contribution is 5.90. The summed E-state index contributed by atoms with van der Waals surface area (Å²) in [4.78, 5) is 11.0. The van der Waals surface area contributed by atoms with Gasteiger partial charge in [-0.05, 0) is 13.8 Å². The maximum absolute atomic E-state index is 11.0. The van der Waals surface area contributed by atoms with Crippen molar-refractivity contribution in [3.63, 3.8) is 0 Å². The normalized spacial score (nSPS) is 9.64. The van der Waals surface area contributed by atoms with Crippen LogP contribution >= 0.6 is 0 Å². The Bertz CT molecular complexity index is 250. The fraction of sp³-hybridized carbons (Fsp3) is 0.375. The molecule has 1 aromatic heterocycles. The molecule has 0 fully saturated rings. The van der Waals surface area contributed by atoms with Crippen molar-refractivity contribution in [2.75, 3.05) is 6.61 Å². The van der Waals surface area contributed by atoms with Crippen molar-refractivity contribution < 1.29 is 13.9 Å². The predicted molar refractivity (Wildman–Crippen MR) is 39.4 cm³/mol. The zero-order chi connectivity index (χ0) is 8.27. The largest absolute Gasteiger partial charge is 0.471 e. The Morgan fingerprint density at radius 1 is 1.64 bits per heavy atom. The van der Waals surface area contributed by atoms with Crippen LogP contribution < -0.4 is 0 Å². The van der Waals surface area contributed by atoms with Crippen LogP contribution in [0.2, 0.25) is 0 Å². The van der Waals surface area contributed by atoms with E-state index in [1.165, 1.54) is 12.5 Å². The smallest absolute Gasteiger partial charge is 0.341 e. The summed E-state index contributed by atoms with van der Waals surface area (Å²) in [5.41, 5.74) is 1.32. The molecule has 0 aliphatic rings. The van der Waals surface area contributed by atoms with E-state index in [0.717, 1.165) is 5.56 Å². The Morgan fingerprint density at radius 2 is 2.36 bits per heavy atom. The first-order valence-electron chi connectivity index (χ1n) is 3.45. The third-order valence-electron chi connectivity index (χ3n) is 1.35. The summed E-state index contributed by atoms with van der Waals surface area (Å²) in [5, 5.41) is 0. The van der Waals surface area contributed by atoms with Crippen molar-refractivity contribution in [2.45, 2.75) is 13.8 Å². The minimum atomic E-state index is -0.321. The van der Waals surface area contributed by atoms with Crippen LogP contribution in [0.3, 0.4) is 0 Å². The van der Waals surface area contributed by atoms with Gasteiger partial charge in [-0.25, -0.2) is 4.79 Å². The Hall–Kier alpha value is -1.25. The molecule has 1 aromatic rings. The van der Waals surface area contributed by atoms with Gasteiger partial charge in [-0.1, -0.05) is 0 Å². The van der Waals surface area contributed by atoms with Gasteiger partial charge in [0.05, 0.1) is 12.9 Å². The average molecular weight is 154 g/mol. The van der Waals surface area contributed by atoms with Crippen LogP contribution in [-0.4, -0.2) is 12.6 Å². The molecule has 1 rings (SSSR count). The van der Waals surface area contributed by atoms with Crippen molar-refractivity contribution >= 4 is 5.97 Å². The Labute approximate surface area is 65.0 Å². The summed E-state index contributed by atoms with van der Waals surface area (Å²) in [6, 6.07) is 0. The van der Waals surface area contributed by atoms with Crippen molar-refractivity contribution in [1.29, 1.82) is 0 Å². The molecule has 1 heterocycles. The number of hydrogen-bond acceptors (Lipinski definition) is 3. The Morgan fingerprint density at radius 3 is 2.82 bits per heavy atom. The number of aryl methyl sites for hydroxylation is 1. The number of ether oxygens (including phenoxy) is 1. The van der Waals surface area contributed by atoms with Gasteiger partial charge < -0.3 is 9.15 Å². The highest BCUT2D eigenvalue weighted by atomic mass is 16.5. The van der Waals surface area contributed by atoms with E-state index in [9.17, 15) is 4.79 Å². The van der Waals surface area contributed by atoms with Crippen molar-refractivity contribution in [1.82, 2.24) is 0 Å². The molecular formula is C8H10O3. The molecular weight excluding hydrogens is 144 g/mol. The molecule has 0 saturated carbocycles. The zero-order valence-corrected chi connectivity index (χ0v) is 6.59. The van der Waals surface area contributed by atoms with E-state index in [4.69, 9.17) is 9.15 Å². The first-order valence-corrected chi connectivity index (χ1v) is 3.45. The highest BCUT2D eigenvalue weighted by Gasteiger charge is 2.10. The van der Waals surface area contributed by atoms with Crippen molar-refractivity contribution in [2.24, 2.45) is 0 Å². The monoisotopic (exact) mass is 154 g/mol. The molecule has 0 aromatic carbocycles. The van der Waals surface area contributed by atoms with Crippen LogP contribution in [0.1, 0.15) is 22.8 Å². The molecule has 0 N–H and O–H groups in total. The number of carbonyl (C=O) groups excluding carboxylic acids is 1. The number of rotatable bonds is 2. The number of esters is 1. The molecule has 60 valence electrons. The molecule has 0 bridgehead atoms. The lowest BCUT2D eigenvalue weighted by Crippen LogP contribution is -2.04. The van der Waals surface area contributed by atoms with Gasteiger partial charge in [0.25, 0.3) is 0 Å². The van der Waals surface area contributed by atoms with Gasteiger partial charge in [-0.3, -0.25) is 0 Å². The van der Waals surface area contributed by atoms with Gasteiger partial charge in [0.2, 0.25) is 0 Å². The number of carbonyl (C=O) groups is 1. The lowest BCUT2D eigenvalue weighted by molar-refractivity contribution is 0.0525. The number of hydrogen-bond donors (Lipinski definition) is 0. The van der Waals surface area contributed by atoms with Crippen molar-refractivity contribution in [3.05, 3.63) is 23.7 Å². The summed E-state index contributed by atoms with van der Waals surface area (Å²) in [5.74, 6) is -0.321. The van der Waals surface area contributed by atoms with Gasteiger partial charge >= 0.3 is 5.97 Å². The molecule has 0 spiro atoms. The van der Waals surface area contributed by atoms with Crippen LogP contribution in [0.15, 0.2) is 16.9 Å². The highest BCUT2D eigenvalue weighted by Crippen LogP contribution is 2.09. The Kier molecular flexibility index (Phi) is 2.31. The molecule has 3 heteroatoms. The minimum absolute atomic E-state index is 0.321. The summed E-state index contributed by atoms with van der Waals surface area (Å²) < 4.78 is 9.58. The van der Waals surface area contributed by atoms with Crippen LogP contribution in [0.4, 0.5) is 0 Å². The SMILES string of the molecule is CCOC(=O)c1cocc1C. The second-order valence-corrected chi connectivity index (χ2v) is 2.19. The standard InChI is InChI=1S/C8H10O3/c1-3-11-8(9)7-5-10-4-6(7)2/h4-5H,3H2,1-2H3. The molecule has 0 saturated heterocycles. The summed E-state index contributed by atoms with van der Waals surface area (Å²) in [6.07, 6.45) is 2.92. The average Bonchev–Trinajstić information content (AvgIpc) is 2.36. The third-order valence-corrected chi connectivity index (χ3v) is 1.35. The van der Waals surface area contributed by atoms with Crippen molar-refractivity contribution in [3.8, 4) is 0 Å². The zero-order valence-electron chi connectivity index (χ0n) is 6.59. The summed E-state index contributed by atoms with van der Waals surface area (Å²) in [6.45, 7) is 3.96. The third kappa shape index (κ3) is 1.61. The lowest BCUT2D eigenvalue weighted by Gasteiger charge is -1.97. The van der Waals surface area contributed by atoms with E-state index in [-0.39, 0.29) is 5.97 Å². The topological polar surface area (TPSA) is 39.4 Å². The molecule has 0 amide bonds. The fourth-order valence-corrected chi connectivity index (χ4v) is 0.778. The first-order chi connectivity index (χ1) is 5.25. The van der Waals surface area contributed by atoms with Crippen LogP contribution in [0, 0.1) is 6.92 Å². The minimum Gasteiger partial charge on any atom is -0.471 e. The van der Waals surface area contributed by atoms with Gasteiger partial charge in [-0.2, -0.15) is 0 Å². The molecule has 3 nitrogen and oxygen atoms in total. The predicted octanol–water partition coefficient (Wildman–Crippen LogP) is 1.76. The quantitative estimate of drug-likeness (QED) is 0.609. The second-order valence-electron chi connectivity index (χ2n) is 2.19. The number of furan rings is 1. The van der Waals surface area contributed by atoms with E-state index >= 15 is 0 Å². The fourth-order valence-electron chi connectivity index (χ4n) is 0.778. The van der Waals surface area contributed by atoms with Crippen LogP contribution in [-0.2, 0) is 4.74 Å². The van der Waals surface area contributed by atoms with Gasteiger partial charge in [0.15, 0.2) is 0 Å². The maximum atomic E-state index is 11.0. The van der Waals surface area contributed by atoms with Gasteiger partial charge in [-0.15, -0.1) is 0 Å². The van der Waals surface area contributed by atoms with E-state index in [0.29, 0.717) is 12.2 Å².